The highest BCUT2D eigenvalue weighted by molar-refractivity contribution is 5.76. The average Bonchev–Trinajstić information content (AvgIpc) is 2.16. The van der Waals surface area contributed by atoms with E-state index in [9.17, 15) is 4.79 Å². The Hall–Kier alpha value is -0.610. The van der Waals surface area contributed by atoms with Crippen molar-refractivity contribution in [2.75, 3.05) is 27.8 Å². The molecule has 0 fully saturated rings. The van der Waals surface area contributed by atoms with Gasteiger partial charge in [-0.1, -0.05) is 6.92 Å². The van der Waals surface area contributed by atoms with Crippen LogP contribution in [-0.4, -0.2) is 50.7 Å². The number of hydrogen-bond donors (Lipinski definition) is 1. The molecule has 0 aromatic rings. The van der Waals surface area contributed by atoms with Crippen LogP contribution in [0.15, 0.2) is 0 Å². The Morgan fingerprint density at radius 3 is 2.47 bits per heavy atom. The Labute approximate surface area is 93.0 Å². The van der Waals surface area contributed by atoms with Crippen molar-refractivity contribution in [1.29, 1.82) is 0 Å². The van der Waals surface area contributed by atoms with Crippen LogP contribution in [0.5, 0.6) is 0 Å². The van der Waals surface area contributed by atoms with Gasteiger partial charge in [-0.25, -0.2) is 0 Å². The molecule has 0 aliphatic carbocycles. The molecule has 4 nitrogen and oxygen atoms in total. The van der Waals surface area contributed by atoms with Gasteiger partial charge in [0.05, 0.1) is 6.61 Å². The van der Waals surface area contributed by atoms with Crippen LogP contribution in [0.1, 0.15) is 26.7 Å². The quantitative estimate of drug-likeness (QED) is 0.686. The molecule has 15 heavy (non-hydrogen) atoms. The van der Waals surface area contributed by atoms with Gasteiger partial charge in [-0.3, -0.25) is 4.79 Å². The van der Waals surface area contributed by atoms with E-state index >= 15 is 0 Å². The number of rotatable bonds is 7. The second kappa shape index (κ2) is 7.65. The van der Waals surface area contributed by atoms with Crippen molar-refractivity contribution in [2.45, 2.75) is 38.8 Å². The third-order valence-electron chi connectivity index (χ3n) is 2.36. The van der Waals surface area contributed by atoms with Crippen LogP contribution >= 0.6 is 0 Å². The maximum absolute atomic E-state index is 11.4. The largest absolute Gasteiger partial charge is 0.383 e. The van der Waals surface area contributed by atoms with Crippen molar-refractivity contribution in [1.82, 2.24) is 10.2 Å². The lowest BCUT2D eigenvalue weighted by Gasteiger charge is -2.22. The van der Waals surface area contributed by atoms with E-state index in [2.05, 4.69) is 12.2 Å². The highest BCUT2D eigenvalue weighted by Crippen LogP contribution is 1.99. The topological polar surface area (TPSA) is 41.6 Å². The van der Waals surface area contributed by atoms with Crippen LogP contribution in [0.2, 0.25) is 0 Å². The zero-order chi connectivity index (χ0) is 11.8. The molecule has 0 aliphatic heterocycles. The number of carbonyl (C=O) groups excluding carboxylic acids is 1. The zero-order valence-electron chi connectivity index (χ0n) is 10.5. The molecule has 90 valence electrons. The van der Waals surface area contributed by atoms with Gasteiger partial charge in [0.1, 0.15) is 0 Å². The molecule has 0 aliphatic rings. The van der Waals surface area contributed by atoms with Crippen LogP contribution in [0.4, 0.5) is 0 Å². The first-order valence-electron chi connectivity index (χ1n) is 5.46. The summed E-state index contributed by atoms with van der Waals surface area (Å²) in [6.45, 7) is 4.83. The summed E-state index contributed by atoms with van der Waals surface area (Å²) in [6.07, 6.45) is 1.54. The predicted molar refractivity (Wildman–Crippen MR) is 61.9 cm³/mol. The molecule has 0 saturated heterocycles. The minimum absolute atomic E-state index is 0.155. The second-order valence-corrected chi connectivity index (χ2v) is 4.12. The van der Waals surface area contributed by atoms with Gasteiger partial charge in [-0.15, -0.1) is 0 Å². The second-order valence-electron chi connectivity index (χ2n) is 4.12. The van der Waals surface area contributed by atoms with Crippen molar-refractivity contribution in [3.05, 3.63) is 0 Å². The molecule has 1 N–H and O–H groups in total. The molecule has 0 bridgehead atoms. The molecule has 0 rings (SSSR count). The summed E-state index contributed by atoms with van der Waals surface area (Å²) in [5, 5.41) is 3.38. The monoisotopic (exact) mass is 216 g/mol. The van der Waals surface area contributed by atoms with Gasteiger partial charge in [0.2, 0.25) is 5.91 Å². The number of ether oxygens (including phenoxy) is 1. The van der Waals surface area contributed by atoms with Crippen LogP contribution < -0.4 is 5.32 Å². The third-order valence-corrected chi connectivity index (χ3v) is 2.36. The number of nitrogens with one attached hydrogen (secondary N) is 1. The molecule has 0 aromatic carbocycles. The summed E-state index contributed by atoms with van der Waals surface area (Å²) in [7, 11) is 5.25. The first-order chi connectivity index (χ1) is 7.01. The van der Waals surface area contributed by atoms with E-state index in [-0.39, 0.29) is 11.9 Å². The fourth-order valence-electron chi connectivity index (χ4n) is 1.39. The van der Waals surface area contributed by atoms with Gasteiger partial charge in [0.15, 0.2) is 0 Å². The molecular weight excluding hydrogens is 192 g/mol. The standard InChI is InChI=1S/C11H24N2O2/c1-6-10(8-15-5)12-9(2)7-11(14)13(3)4/h9-10,12H,6-8H2,1-5H3. The number of nitrogens with zero attached hydrogens (tertiary/aromatic N) is 1. The fourth-order valence-corrected chi connectivity index (χ4v) is 1.39. The van der Waals surface area contributed by atoms with E-state index in [0.29, 0.717) is 19.1 Å². The van der Waals surface area contributed by atoms with E-state index < -0.39 is 0 Å². The van der Waals surface area contributed by atoms with Gasteiger partial charge in [-0.2, -0.15) is 0 Å². The lowest BCUT2D eigenvalue weighted by Crippen LogP contribution is -2.41. The number of carbonyl (C=O) groups is 1. The van der Waals surface area contributed by atoms with Crippen LogP contribution in [0.3, 0.4) is 0 Å². The summed E-state index contributed by atoms with van der Waals surface area (Å²) in [5.74, 6) is 0.155. The Morgan fingerprint density at radius 2 is 2.07 bits per heavy atom. The van der Waals surface area contributed by atoms with Gasteiger partial charge < -0.3 is 15.0 Å². The molecule has 0 spiro atoms. The average molecular weight is 216 g/mol. The van der Waals surface area contributed by atoms with E-state index in [4.69, 9.17) is 4.74 Å². The Morgan fingerprint density at radius 1 is 1.47 bits per heavy atom. The molecule has 0 aromatic heterocycles. The van der Waals surface area contributed by atoms with Gasteiger partial charge >= 0.3 is 0 Å². The predicted octanol–water partition coefficient (Wildman–Crippen LogP) is 0.868. The van der Waals surface area contributed by atoms with E-state index in [1.54, 1.807) is 26.1 Å². The summed E-state index contributed by atoms with van der Waals surface area (Å²) in [5.41, 5.74) is 0. The number of hydrogen-bond acceptors (Lipinski definition) is 3. The lowest BCUT2D eigenvalue weighted by atomic mass is 10.1. The normalized spacial score (nSPS) is 14.7. The summed E-state index contributed by atoms with van der Waals surface area (Å²) in [6, 6.07) is 0.528. The zero-order valence-corrected chi connectivity index (χ0v) is 10.5. The molecule has 0 heterocycles. The highest BCUT2D eigenvalue weighted by Gasteiger charge is 2.14. The minimum atomic E-state index is 0.155. The first-order valence-corrected chi connectivity index (χ1v) is 5.46. The number of methoxy groups -OCH3 is 1. The summed E-state index contributed by atoms with van der Waals surface area (Å²) < 4.78 is 5.09. The van der Waals surface area contributed by atoms with E-state index in [1.807, 2.05) is 6.92 Å². The highest BCUT2D eigenvalue weighted by atomic mass is 16.5. The van der Waals surface area contributed by atoms with Crippen molar-refractivity contribution in [3.8, 4) is 0 Å². The van der Waals surface area contributed by atoms with Crippen molar-refractivity contribution >= 4 is 5.91 Å². The van der Waals surface area contributed by atoms with E-state index in [1.165, 1.54) is 0 Å². The molecule has 4 heteroatoms. The van der Waals surface area contributed by atoms with Crippen molar-refractivity contribution in [2.24, 2.45) is 0 Å². The summed E-state index contributed by atoms with van der Waals surface area (Å²) in [4.78, 5) is 13.1. The fraction of sp³-hybridized carbons (Fsp3) is 0.909. The first kappa shape index (κ1) is 14.4. The molecule has 2 atom stereocenters. The Balaban J connectivity index is 3.89. The van der Waals surface area contributed by atoms with Crippen LogP contribution in [0.25, 0.3) is 0 Å². The lowest BCUT2D eigenvalue weighted by molar-refractivity contribution is -0.129. The SMILES string of the molecule is CCC(COC)NC(C)CC(=O)N(C)C. The maximum atomic E-state index is 11.4. The van der Waals surface area contributed by atoms with Crippen molar-refractivity contribution in [3.63, 3.8) is 0 Å². The number of amides is 1. The van der Waals surface area contributed by atoms with Crippen LogP contribution in [0, 0.1) is 0 Å². The molecule has 0 saturated carbocycles. The van der Waals surface area contributed by atoms with E-state index in [0.717, 1.165) is 6.42 Å². The van der Waals surface area contributed by atoms with Crippen LogP contribution in [-0.2, 0) is 9.53 Å². The smallest absolute Gasteiger partial charge is 0.223 e. The molecule has 1 amide bonds. The third kappa shape index (κ3) is 6.47. The molecular formula is C11H24N2O2. The molecule has 0 radical (unpaired) electrons. The van der Waals surface area contributed by atoms with Crippen molar-refractivity contribution < 1.29 is 9.53 Å². The summed E-state index contributed by atoms with van der Waals surface area (Å²) >= 11 is 0. The van der Waals surface area contributed by atoms with Gasteiger partial charge in [-0.05, 0) is 13.3 Å². The van der Waals surface area contributed by atoms with Gasteiger partial charge in [0.25, 0.3) is 0 Å². The van der Waals surface area contributed by atoms with Gasteiger partial charge in [0, 0.05) is 39.7 Å². The Bertz CT molecular complexity index is 183. The molecule has 2 unspecified atom stereocenters. The minimum Gasteiger partial charge on any atom is -0.383 e. The Kier molecular flexibility index (Phi) is 7.34. The maximum Gasteiger partial charge on any atom is 0.223 e.